The molecule has 0 saturated heterocycles. The van der Waals surface area contributed by atoms with Crippen LogP contribution in [0.5, 0.6) is 0 Å². The predicted molar refractivity (Wildman–Crippen MR) is 61.3 cm³/mol. The maximum atomic E-state index is 11.7. The van der Waals surface area contributed by atoms with E-state index in [1.165, 1.54) is 0 Å². The topological polar surface area (TPSA) is 83.6 Å². The van der Waals surface area contributed by atoms with E-state index in [9.17, 15) is 9.59 Å². The van der Waals surface area contributed by atoms with Gasteiger partial charge in [-0.15, -0.1) is 0 Å². The van der Waals surface area contributed by atoms with Crippen LogP contribution in [0.25, 0.3) is 0 Å². The standard InChI is InChI=1S/C12H14N2O3/c13-4-3-11(15)14-6-9-2-1-8(12(16)17)5-10(9)7-14/h1-2,5H,3-4,6-7,13H2,(H,16,17). The lowest BCUT2D eigenvalue weighted by atomic mass is 10.1. The number of nitrogens with zero attached hydrogens (tertiary/aromatic N) is 1. The Hall–Kier alpha value is -1.88. The van der Waals surface area contributed by atoms with Gasteiger partial charge in [-0.1, -0.05) is 6.07 Å². The van der Waals surface area contributed by atoms with Crippen LogP contribution in [0.3, 0.4) is 0 Å². The number of carboxylic acids is 1. The van der Waals surface area contributed by atoms with E-state index in [-0.39, 0.29) is 11.5 Å². The Morgan fingerprint density at radius 2 is 2.00 bits per heavy atom. The molecule has 2 rings (SSSR count). The number of carbonyl (C=O) groups is 2. The monoisotopic (exact) mass is 234 g/mol. The van der Waals surface area contributed by atoms with Gasteiger partial charge in [-0.05, 0) is 23.3 Å². The molecular weight excluding hydrogens is 220 g/mol. The molecule has 0 spiro atoms. The minimum absolute atomic E-state index is 0.0144. The van der Waals surface area contributed by atoms with Crippen LogP contribution in [0.4, 0.5) is 0 Å². The Morgan fingerprint density at radius 3 is 2.65 bits per heavy atom. The number of aromatic carboxylic acids is 1. The van der Waals surface area contributed by atoms with Crippen molar-refractivity contribution in [2.45, 2.75) is 19.5 Å². The molecule has 90 valence electrons. The summed E-state index contributed by atoms with van der Waals surface area (Å²) in [6.07, 6.45) is 0.333. The van der Waals surface area contributed by atoms with Crippen molar-refractivity contribution in [2.24, 2.45) is 5.73 Å². The maximum absolute atomic E-state index is 11.7. The Labute approximate surface area is 98.8 Å². The van der Waals surface area contributed by atoms with Crippen molar-refractivity contribution < 1.29 is 14.7 Å². The summed E-state index contributed by atoms with van der Waals surface area (Å²) in [4.78, 5) is 24.2. The van der Waals surface area contributed by atoms with Crippen molar-refractivity contribution in [3.8, 4) is 0 Å². The SMILES string of the molecule is NCCC(=O)N1Cc2ccc(C(=O)O)cc2C1. The summed E-state index contributed by atoms with van der Waals surface area (Å²) < 4.78 is 0. The van der Waals surface area contributed by atoms with Crippen molar-refractivity contribution in [3.05, 3.63) is 34.9 Å². The first kappa shape index (κ1) is 11.6. The Bertz CT molecular complexity index is 471. The van der Waals surface area contributed by atoms with Crippen LogP contribution in [0.15, 0.2) is 18.2 Å². The normalized spacial score (nSPS) is 13.6. The summed E-state index contributed by atoms with van der Waals surface area (Å²) in [5.41, 5.74) is 7.53. The second-order valence-electron chi connectivity index (χ2n) is 4.08. The molecule has 0 aromatic heterocycles. The van der Waals surface area contributed by atoms with Gasteiger partial charge in [-0.25, -0.2) is 4.79 Å². The smallest absolute Gasteiger partial charge is 0.335 e. The fraction of sp³-hybridized carbons (Fsp3) is 0.333. The molecule has 1 aromatic carbocycles. The third kappa shape index (κ3) is 2.29. The average Bonchev–Trinajstić information content (AvgIpc) is 2.71. The van der Waals surface area contributed by atoms with Gasteiger partial charge in [0, 0.05) is 26.1 Å². The number of nitrogens with two attached hydrogens (primary N) is 1. The zero-order valence-corrected chi connectivity index (χ0v) is 9.35. The van der Waals surface area contributed by atoms with Crippen LogP contribution in [-0.4, -0.2) is 28.4 Å². The molecular formula is C12H14N2O3. The molecule has 0 fully saturated rings. The van der Waals surface area contributed by atoms with E-state index in [0.717, 1.165) is 11.1 Å². The summed E-state index contributed by atoms with van der Waals surface area (Å²) in [5.74, 6) is -0.930. The van der Waals surface area contributed by atoms with Crippen molar-refractivity contribution >= 4 is 11.9 Å². The highest BCUT2D eigenvalue weighted by Crippen LogP contribution is 2.24. The zero-order valence-electron chi connectivity index (χ0n) is 9.35. The van der Waals surface area contributed by atoms with Gasteiger partial charge in [-0.3, -0.25) is 4.79 Å². The van der Waals surface area contributed by atoms with Crippen LogP contribution >= 0.6 is 0 Å². The molecule has 0 bridgehead atoms. The maximum Gasteiger partial charge on any atom is 0.335 e. The molecule has 1 heterocycles. The second kappa shape index (κ2) is 4.55. The molecule has 0 saturated carbocycles. The number of fused-ring (bicyclic) bond motifs is 1. The highest BCUT2D eigenvalue weighted by atomic mass is 16.4. The number of benzene rings is 1. The number of hydrogen-bond acceptors (Lipinski definition) is 3. The van der Waals surface area contributed by atoms with Crippen LogP contribution in [0, 0.1) is 0 Å². The molecule has 1 aliphatic rings. The molecule has 1 aromatic rings. The number of hydrogen-bond donors (Lipinski definition) is 2. The number of carbonyl (C=O) groups excluding carboxylic acids is 1. The van der Waals surface area contributed by atoms with Gasteiger partial charge in [-0.2, -0.15) is 0 Å². The largest absolute Gasteiger partial charge is 0.478 e. The minimum atomic E-state index is -0.945. The van der Waals surface area contributed by atoms with Gasteiger partial charge in [0.1, 0.15) is 0 Å². The Kier molecular flexibility index (Phi) is 3.10. The third-order valence-corrected chi connectivity index (χ3v) is 2.89. The minimum Gasteiger partial charge on any atom is -0.478 e. The molecule has 1 aliphatic heterocycles. The van der Waals surface area contributed by atoms with Gasteiger partial charge < -0.3 is 15.7 Å². The lowest BCUT2D eigenvalue weighted by molar-refractivity contribution is -0.131. The van der Waals surface area contributed by atoms with Gasteiger partial charge in [0.2, 0.25) is 5.91 Å². The molecule has 0 atom stereocenters. The van der Waals surface area contributed by atoms with Crippen molar-refractivity contribution in [1.29, 1.82) is 0 Å². The molecule has 0 unspecified atom stereocenters. The van der Waals surface area contributed by atoms with Crippen molar-refractivity contribution in [3.63, 3.8) is 0 Å². The van der Waals surface area contributed by atoms with Crippen LogP contribution in [0.2, 0.25) is 0 Å². The van der Waals surface area contributed by atoms with Crippen LogP contribution in [-0.2, 0) is 17.9 Å². The third-order valence-electron chi connectivity index (χ3n) is 2.89. The number of rotatable bonds is 3. The second-order valence-corrected chi connectivity index (χ2v) is 4.08. The van der Waals surface area contributed by atoms with Gasteiger partial charge in [0.25, 0.3) is 0 Å². The fourth-order valence-electron chi connectivity index (χ4n) is 1.99. The van der Waals surface area contributed by atoms with E-state index in [4.69, 9.17) is 10.8 Å². The number of amides is 1. The first-order valence-corrected chi connectivity index (χ1v) is 5.44. The van der Waals surface area contributed by atoms with Crippen LogP contribution < -0.4 is 5.73 Å². The zero-order chi connectivity index (χ0) is 12.4. The van der Waals surface area contributed by atoms with E-state index in [0.29, 0.717) is 26.1 Å². The molecule has 5 nitrogen and oxygen atoms in total. The van der Waals surface area contributed by atoms with Gasteiger partial charge in [0.15, 0.2) is 0 Å². The van der Waals surface area contributed by atoms with Crippen molar-refractivity contribution in [1.82, 2.24) is 4.90 Å². The Balaban J connectivity index is 2.16. The highest BCUT2D eigenvalue weighted by molar-refractivity contribution is 5.88. The van der Waals surface area contributed by atoms with Crippen LogP contribution in [0.1, 0.15) is 27.9 Å². The summed E-state index contributed by atoms with van der Waals surface area (Å²) in [6.45, 7) is 1.37. The first-order chi connectivity index (χ1) is 8.11. The molecule has 0 aliphatic carbocycles. The predicted octanol–water partition coefficient (Wildman–Crippen LogP) is 0.576. The van der Waals surface area contributed by atoms with Gasteiger partial charge in [0.05, 0.1) is 5.56 Å². The first-order valence-electron chi connectivity index (χ1n) is 5.44. The quantitative estimate of drug-likeness (QED) is 0.801. The lowest BCUT2D eigenvalue weighted by Gasteiger charge is -2.14. The summed E-state index contributed by atoms with van der Waals surface area (Å²) >= 11 is 0. The molecule has 17 heavy (non-hydrogen) atoms. The van der Waals surface area contributed by atoms with E-state index >= 15 is 0 Å². The van der Waals surface area contributed by atoms with E-state index < -0.39 is 5.97 Å². The molecule has 0 radical (unpaired) electrons. The van der Waals surface area contributed by atoms with E-state index in [1.807, 2.05) is 0 Å². The summed E-state index contributed by atoms with van der Waals surface area (Å²) in [5, 5.41) is 8.88. The molecule has 5 heteroatoms. The fourth-order valence-corrected chi connectivity index (χ4v) is 1.99. The van der Waals surface area contributed by atoms with E-state index in [2.05, 4.69) is 0 Å². The van der Waals surface area contributed by atoms with E-state index in [1.54, 1.807) is 23.1 Å². The Morgan fingerprint density at radius 1 is 1.29 bits per heavy atom. The number of carboxylic acid groups (broad SMARTS) is 1. The average molecular weight is 234 g/mol. The highest BCUT2D eigenvalue weighted by Gasteiger charge is 2.23. The summed E-state index contributed by atoms with van der Waals surface area (Å²) in [6, 6.07) is 4.97. The molecule has 1 amide bonds. The molecule has 3 N–H and O–H groups in total. The van der Waals surface area contributed by atoms with Gasteiger partial charge >= 0.3 is 5.97 Å². The lowest BCUT2D eigenvalue weighted by Crippen LogP contribution is -2.27. The summed E-state index contributed by atoms with van der Waals surface area (Å²) in [7, 11) is 0. The van der Waals surface area contributed by atoms with Crippen molar-refractivity contribution in [2.75, 3.05) is 6.54 Å².